The van der Waals surface area contributed by atoms with Gasteiger partial charge in [-0.05, 0) is 48.2 Å². The van der Waals surface area contributed by atoms with E-state index in [1.807, 2.05) is 6.92 Å². The predicted molar refractivity (Wildman–Crippen MR) is 89.9 cm³/mol. The lowest BCUT2D eigenvalue weighted by atomic mass is 10.0. The van der Waals surface area contributed by atoms with Crippen LogP contribution in [-0.2, 0) is 4.79 Å². The number of carbonyl (C=O) groups is 1. The maximum atomic E-state index is 14.2. The summed E-state index contributed by atoms with van der Waals surface area (Å²) in [6, 6.07) is 9.37. The Morgan fingerprint density at radius 1 is 1.04 bits per heavy atom. The third-order valence-electron chi connectivity index (χ3n) is 3.42. The molecule has 134 valence electrons. The fourth-order valence-electron chi connectivity index (χ4n) is 2.25. The molecule has 0 aromatic heterocycles. The van der Waals surface area contributed by atoms with Crippen molar-refractivity contribution in [3.63, 3.8) is 0 Å². The molecule has 0 bridgehead atoms. The molecule has 0 saturated carbocycles. The number of hydrogen-bond acceptors (Lipinski definition) is 3. The maximum Gasteiger partial charge on any atom is 0.303 e. The van der Waals surface area contributed by atoms with Crippen LogP contribution in [0.2, 0.25) is 0 Å². The SMILES string of the molecule is CCCOc1cccc(-c2cc(F)c(OCCCC(=O)O)c(F)c2)c1. The van der Waals surface area contributed by atoms with Crippen LogP contribution in [0.4, 0.5) is 8.78 Å². The van der Waals surface area contributed by atoms with E-state index in [-0.39, 0.29) is 19.4 Å². The van der Waals surface area contributed by atoms with E-state index in [1.165, 1.54) is 12.1 Å². The Morgan fingerprint density at radius 2 is 1.76 bits per heavy atom. The van der Waals surface area contributed by atoms with Gasteiger partial charge in [-0.3, -0.25) is 4.79 Å². The van der Waals surface area contributed by atoms with E-state index < -0.39 is 23.4 Å². The van der Waals surface area contributed by atoms with Crippen LogP contribution in [0, 0.1) is 11.6 Å². The normalized spacial score (nSPS) is 10.5. The van der Waals surface area contributed by atoms with Gasteiger partial charge in [0.05, 0.1) is 13.2 Å². The molecule has 0 spiro atoms. The molecule has 0 fully saturated rings. The van der Waals surface area contributed by atoms with Crippen molar-refractivity contribution in [2.24, 2.45) is 0 Å². The minimum absolute atomic E-state index is 0.0696. The van der Waals surface area contributed by atoms with E-state index in [2.05, 4.69) is 0 Å². The third-order valence-corrected chi connectivity index (χ3v) is 3.42. The van der Waals surface area contributed by atoms with Crippen LogP contribution in [0.25, 0.3) is 11.1 Å². The summed E-state index contributed by atoms with van der Waals surface area (Å²) in [7, 11) is 0. The van der Waals surface area contributed by atoms with Crippen molar-refractivity contribution in [1.82, 2.24) is 0 Å². The molecule has 0 aliphatic carbocycles. The van der Waals surface area contributed by atoms with Crippen molar-refractivity contribution >= 4 is 5.97 Å². The van der Waals surface area contributed by atoms with Gasteiger partial charge in [0.15, 0.2) is 17.4 Å². The number of halogens is 2. The summed E-state index contributed by atoms with van der Waals surface area (Å²) < 4.78 is 38.9. The average Bonchev–Trinajstić information content (AvgIpc) is 2.58. The Balaban J connectivity index is 2.14. The summed E-state index contributed by atoms with van der Waals surface area (Å²) in [6.45, 7) is 2.49. The van der Waals surface area contributed by atoms with Crippen molar-refractivity contribution in [3.05, 3.63) is 48.0 Å². The molecule has 0 amide bonds. The monoisotopic (exact) mass is 350 g/mol. The Morgan fingerprint density at radius 3 is 2.40 bits per heavy atom. The second-order valence-electron chi connectivity index (χ2n) is 5.49. The number of carboxylic acid groups (broad SMARTS) is 1. The molecule has 25 heavy (non-hydrogen) atoms. The number of carboxylic acids is 1. The van der Waals surface area contributed by atoms with Gasteiger partial charge in [-0.25, -0.2) is 8.78 Å². The number of benzene rings is 2. The molecular weight excluding hydrogens is 330 g/mol. The second-order valence-corrected chi connectivity index (χ2v) is 5.49. The molecule has 2 rings (SSSR count). The first kappa shape index (κ1) is 18.7. The lowest BCUT2D eigenvalue weighted by Gasteiger charge is -2.11. The molecule has 2 aromatic carbocycles. The summed E-state index contributed by atoms with van der Waals surface area (Å²) in [5.41, 5.74) is 0.999. The Bertz CT molecular complexity index is 708. The summed E-state index contributed by atoms with van der Waals surface area (Å²) in [4.78, 5) is 10.4. The van der Waals surface area contributed by atoms with Gasteiger partial charge in [0, 0.05) is 6.42 Å². The molecule has 4 nitrogen and oxygen atoms in total. The van der Waals surface area contributed by atoms with Gasteiger partial charge in [0.2, 0.25) is 0 Å². The highest BCUT2D eigenvalue weighted by Crippen LogP contribution is 2.30. The van der Waals surface area contributed by atoms with Gasteiger partial charge in [0.25, 0.3) is 0 Å². The van der Waals surface area contributed by atoms with E-state index in [1.54, 1.807) is 24.3 Å². The van der Waals surface area contributed by atoms with E-state index in [4.69, 9.17) is 14.6 Å². The smallest absolute Gasteiger partial charge is 0.303 e. The molecule has 0 heterocycles. The zero-order chi connectivity index (χ0) is 18.2. The summed E-state index contributed by atoms with van der Waals surface area (Å²) in [5.74, 6) is -2.50. The zero-order valence-corrected chi connectivity index (χ0v) is 13.9. The van der Waals surface area contributed by atoms with Crippen molar-refractivity contribution in [2.45, 2.75) is 26.2 Å². The van der Waals surface area contributed by atoms with E-state index >= 15 is 0 Å². The highest BCUT2D eigenvalue weighted by atomic mass is 19.1. The van der Waals surface area contributed by atoms with E-state index in [9.17, 15) is 13.6 Å². The van der Waals surface area contributed by atoms with Gasteiger partial charge >= 0.3 is 5.97 Å². The summed E-state index contributed by atoms with van der Waals surface area (Å²) >= 11 is 0. The topological polar surface area (TPSA) is 55.8 Å². The number of aliphatic carboxylic acids is 1. The third kappa shape index (κ3) is 5.45. The van der Waals surface area contributed by atoms with Crippen LogP contribution in [0.5, 0.6) is 11.5 Å². The summed E-state index contributed by atoms with van der Waals surface area (Å²) in [6.07, 6.45) is 0.917. The fourth-order valence-corrected chi connectivity index (χ4v) is 2.25. The first-order valence-electron chi connectivity index (χ1n) is 8.08. The molecule has 0 saturated heterocycles. The van der Waals surface area contributed by atoms with Crippen LogP contribution < -0.4 is 9.47 Å². The summed E-state index contributed by atoms with van der Waals surface area (Å²) in [5, 5.41) is 8.54. The second kappa shape index (κ2) is 9.01. The van der Waals surface area contributed by atoms with Gasteiger partial charge in [0.1, 0.15) is 5.75 Å². The van der Waals surface area contributed by atoms with E-state index in [0.29, 0.717) is 23.5 Å². The number of rotatable bonds is 9. The minimum Gasteiger partial charge on any atom is -0.494 e. The van der Waals surface area contributed by atoms with Crippen molar-refractivity contribution in [2.75, 3.05) is 13.2 Å². The van der Waals surface area contributed by atoms with Crippen LogP contribution in [0.3, 0.4) is 0 Å². The quantitative estimate of drug-likeness (QED) is 0.668. The van der Waals surface area contributed by atoms with Crippen LogP contribution in [0.1, 0.15) is 26.2 Å². The van der Waals surface area contributed by atoms with Gasteiger partial charge < -0.3 is 14.6 Å². The lowest BCUT2D eigenvalue weighted by Crippen LogP contribution is -2.04. The molecule has 0 aliphatic rings. The largest absolute Gasteiger partial charge is 0.494 e. The van der Waals surface area contributed by atoms with Gasteiger partial charge in [-0.1, -0.05) is 19.1 Å². The molecule has 2 aromatic rings. The molecule has 0 unspecified atom stereocenters. The van der Waals surface area contributed by atoms with Crippen molar-refractivity contribution < 1.29 is 28.2 Å². The first-order valence-corrected chi connectivity index (χ1v) is 8.08. The number of hydrogen-bond donors (Lipinski definition) is 1. The van der Waals surface area contributed by atoms with Crippen LogP contribution in [-0.4, -0.2) is 24.3 Å². The Labute approximate surface area is 145 Å². The highest BCUT2D eigenvalue weighted by molar-refractivity contribution is 5.67. The maximum absolute atomic E-state index is 14.2. The van der Waals surface area contributed by atoms with Gasteiger partial charge in [-0.15, -0.1) is 0 Å². The molecule has 0 atom stereocenters. The van der Waals surface area contributed by atoms with Crippen molar-refractivity contribution in [3.8, 4) is 22.6 Å². The molecule has 6 heteroatoms. The molecule has 0 aliphatic heterocycles. The minimum atomic E-state index is -0.981. The Kier molecular flexibility index (Phi) is 6.74. The van der Waals surface area contributed by atoms with Crippen molar-refractivity contribution in [1.29, 1.82) is 0 Å². The highest BCUT2D eigenvalue weighted by Gasteiger charge is 2.14. The predicted octanol–water partition coefficient (Wildman–Crippen LogP) is 4.66. The van der Waals surface area contributed by atoms with Crippen LogP contribution in [0.15, 0.2) is 36.4 Å². The molecule has 0 radical (unpaired) electrons. The molecular formula is C19H20F2O4. The number of ether oxygens (including phenoxy) is 2. The van der Waals surface area contributed by atoms with E-state index in [0.717, 1.165) is 6.42 Å². The zero-order valence-electron chi connectivity index (χ0n) is 13.9. The van der Waals surface area contributed by atoms with Gasteiger partial charge in [-0.2, -0.15) is 0 Å². The lowest BCUT2D eigenvalue weighted by molar-refractivity contribution is -0.137. The first-order chi connectivity index (χ1) is 12.0. The fraction of sp³-hybridized carbons (Fsp3) is 0.316. The average molecular weight is 350 g/mol. The van der Waals surface area contributed by atoms with Crippen LogP contribution >= 0.6 is 0 Å². The standard InChI is InChI=1S/C19H20F2O4/c1-2-8-24-15-6-3-5-13(10-15)14-11-16(20)19(17(21)12-14)25-9-4-7-18(22)23/h3,5-6,10-12H,2,4,7-9H2,1H3,(H,22,23). The Hall–Kier alpha value is -2.63. The molecule has 1 N–H and O–H groups in total.